The Bertz CT molecular complexity index is 174. The van der Waals surface area contributed by atoms with Crippen molar-refractivity contribution < 1.29 is 69.3 Å². The topological polar surface area (TPSA) is 43.3 Å². The molecule has 1 rings (SSSR count). The van der Waals surface area contributed by atoms with E-state index in [1.807, 2.05) is 0 Å². The summed E-state index contributed by atoms with van der Waals surface area (Å²) in [6, 6.07) is 5.53. The second-order valence-electron chi connectivity index (χ2n) is 1.50. The van der Waals surface area contributed by atoms with Crippen LogP contribution in [0.4, 0.5) is 0 Å². The van der Waals surface area contributed by atoms with Crippen LogP contribution in [-0.4, -0.2) is 5.11 Å². The van der Waals surface area contributed by atoms with Gasteiger partial charge in [0.05, 0.1) is 0 Å². The number of rotatable bonds is 0. The molecule has 10 heavy (non-hydrogen) atoms. The first-order chi connectivity index (χ1) is 3.79. The van der Waals surface area contributed by atoms with Crippen molar-refractivity contribution in [3.8, 4) is 11.5 Å². The van der Waals surface area contributed by atoms with Crippen molar-refractivity contribution in [1.29, 1.82) is 0 Å². The van der Waals surface area contributed by atoms with Crippen molar-refractivity contribution in [2.24, 2.45) is 0 Å². The fraction of sp³-hybridized carbons (Fsp3) is 0. The summed E-state index contributed by atoms with van der Waals surface area (Å²) in [5.74, 6) is -0.137. The van der Waals surface area contributed by atoms with Gasteiger partial charge in [-0.15, -0.1) is 5.75 Å². The standard InChI is InChI=1S/C6H6O2.2Na/c7-5-2-1-3-6(8)4-5;;/h1-4,7-8H;;/q;2*+1/p-1. The van der Waals surface area contributed by atoms with Crippen molar-refractivity contribution in [2.75, 3.05) is 0 Å². The van der Waals surface area contributed by atoms with E-state index in [0.717, 1.165) is 0 Å². The zero-order valence-corrected chi connectivity index (χ0v) is 10.2. The third-order valence-corrected chi connectivity index (χ3v) is 0.818. The molecule has 0 aliphatic carbocycles. The average Bonchev–Trinajstić information content (AvgIpc) is 1.64. The Labute approximate surface area is 104 Å². The zero-order chi connectivity index (χ0) is 5.98. The van der Waals surface area contributed by atoms with Crippen LogP contribution in [0.3, 0.4) is 0 Å². The Morgan fingerprint density at radius 1 is 1.20 bits per heavy atom. The SMILES string of the molecule is [Na+].[Na+].[O-]c1cccc(O)c1. The van der Waals surface area contributed by atoms with Crippen molar-refractivity contribution >= 4 is 0 Å². The molecule has 0 aliphatic heterocycles. The van der Waals surface area contributed by atoms with Crippen molar-refractivity contribution in [2.45, 2.75) is 0 Å². The minimum atomic E-state index is -0.162. The molecule has 0 atom stereocenters. The molecular weight excluding hydrogens is 150 g/mol. The van der Waals surface area contributed by atoms with Gasteiger partial charge in [0.15, 0.2) is 0 Å². The Balaban J connectivity index is 0. The van der Waals surface area contributed by atoms with E-state index in [2.05, 4.69) is 0 Å². The molecule has 1 aromatic rings. The van der Waals surface area contributed by atoms with Crippen LogP contribution in [0.1, 0.15) is 0 Å². The predicted octanol–water partition coefficient (Wildman–Crippen LogP) is -5.53. The molecular formula is C6H5Na2O2+. The van der Waals surface area contributed by atoms with Gasteiger partial charge in [-0.1, -0.05) is 12.1 Å². The molecule has 1 aromatic carbocycles. The molecule has 0 saturated heterocycles. The molecule has 0 heterocycles. The van der Waals surface area contributed by atoms with E-state index in [0.29, 0.717) is 0 Å². The van der Waals surface area contributed by atoms with Crippen molar-refractivity contribution in [3.05, 3.63) is 24.3 Å². The first-order valence-electron chi connectivity index (χ1n) is 2.25. The minimum Gasteiger partial charge on any atom is -0.872 e. The molecule has 0 amide bonds. The van der Waals surface area contributed by atoms with Gasteiger partial charge in [0, 0.05) is 0 Å². The third kappa shape index (κ3) is 4.61. The van der Waals surface area contributed by atoms with E-state index in [4.69, 9.17) is 5.11 Å². The second-order valence-corrected chi connectivity index (χ2v) is 1.50. The third-order valence-electron chi connectivity index (χ3n) is 0.818. The van der Waals surface area contributed by atoms with Crippen LogP contribution in [0.2, 0.25) is 0 Å². The number of phenols is 1. The van der Waals surface area contributed by atoms with Gasteiger partial charge in [-0.3, -0.25) is 0 Å². The summed E-state index contributed by atoms with van der Waals surface area (Å²) in [4.78, 5) is 0. The molecule has 1 N–H and O–H groups in total. The Morgan fingerprint density at radius 3 is 2.10 bits per heavy atom. The number of phenolic OH excluding ortho intramolecular Hbond substituents is 1. The van der Waals surface area contributed by atoms with Gasteiger partial charge in [0.25, 0.3) is 0 Å². The number of benzene rings is 1. The molecule has 4 heteroatoms. The quantitative estimate of drug-likeness (QED) is 0.380. The summed E-state index contributed by atoms with van der Waals surface area (Å²) in [5, 5.41) is 18.9. The molecule has 0 saturated carbocycles. The zero-order valence-electron chi connectivity index (χ0n) is 6.16. The van der Waals surface area contributed by atoms with Crippen LogP contribution in [0.15, 0.2) is 24.3 Å². The summed E-state index contributed by atoms with van der Waals surface area (Å²) in [5.41, 5.74) is 0. The maximum absolute atomic E-state index is 10.3. The summed E-state index contributed by atoms with van der Waals surface area (Å²) >= 11 is 0. The molecule has 2 nitrogen and oxygen atoms in total. The fourth-order valence-electron chi connectivity index (χ4n) is 0.484. The monoisotopic (exact) mass is 155 g/mol. The minimum absolute atomic E-state index is 0. The van der Waals surface area contributed by atoms with Gasteiger partial charge in [0.1, 0.15) is 5.75 Å². The van der Waals surface area contributed by atoms with Crippen LogP contribution in [0.25, 0.3) is 0 Å². The predicted molar refractivity (Wildman–Crippen MR) is 27.6 cm³/mol. The Hall–Kier alpha value is 0.820. The van der Waals surface area contributed by atoms with E-state index in [1.54, 1.807) is 0 Å². The van der Waals surface area contributed by atoms with Gasteiger partial charge in [-0.05, 0) is 12.1 Å². The first-order valence-corrected chi connectivity index (χ1v) is 2.25. The van der Waals surface area contributed by atoms with Gasteiger partial charge >= 0.3 is 59.1 Å². The van der Waals surface area contributed by atoms with E-state index < -0.39 is 0 Å². The van der Waals surface area contributed by atoms with Gasteiger partial charge < -0.3 is 10.2 Å². The molecule has 0 aliphatic rings. The number of hydrogen-bond donors (Lipinski definition) is 1. The van der Waals surface area contributed by atoms with Crippen molar-refractivity contribution in [1.82, 2.24) is 0 Å². The van der Waals surface area contributed by atoms with Crippen LogP contribution in [0, 0.1) is 0 Å². The van der Waals surface area contributed by atoms with E-state index in [9.17, 15) is 5.11 Å². The molecule has 0 spiro atoms. The largest absolute Gasteiger partial charge is 1.00 e. The van der Waals surface area contributed by atoms with E-state index >= 15 is 0 Å². The number of hydrogen-bond acceptors (Lipinski definition) is 2. The van der Waals surface area contributed by atoms with Gasteiger partial charge in [-0.25, -0.2) is 0 Å². The number of aromatic hydroxyl groups is 1. The average molecular weight is 155 g/mol. The maximum Gasteiger partial charge on any atom is 1.00 e. The molecule has 42 valence electrons. The van der Waals surface area contributed by atoms with Crippen molar-refractivity contribution in [3.63, 3.8) is 0 Å². The molecule has 0 radical (unpaired) electrons. The molecule has 0 bridgehead atoms. The second kappa shape index (κ2) is 6.53. The molecule has 0 unspecified atom stereocenters. The first kappa shape index (κ1) is 13.4. The van der Waals surface area contributed by atoms with Crippen LogP contribution in [-0.2, 0) is 0 Å². The summed E-state index contributed by atoms with van der Waals surface area (Å²) in [6.45, 7) is 0. The summed E-state index contributed by atoms with van der Waals surface area (Å²) < 4.78 is 0. The van der Waals surface area contributed by atoms with Crippen LogP contribution >= 0.6 is 0 Å². The summed E-state index contributed by atoms with van der Waals surface area (Å²) in [7, 11) is 0. The van der Waals surface area contributed by atoms with E-state index in [-0.39, 0.29) is 70.6 Å². The molecule has 0 aromatic heterocycles. The summed E-state index contributed by atoms with van der Waals surface area (Å²) in [6.07, 6.45) is 0. The fourth-order valence-corrected chi connectivity index (χ4v) is 0.484. The normalized spacial score (nSPS) is 7.20. The smallest absolute Gasteiger partial charge is 0.872 e. The van der Waals surface area contributed by atoms with Gasteiger partial charge in [-0.2, -0.15) is 0 Å². The molecule has 0 fully saturated rings. The van der Waals surface area contributed by atoms with E-state index in [1.165, 1.54) is 24.3 Å². The van der Waals surface area contributed by atoms with Crippen LogP contribution in [0.5, 0.6) is 11.5 Å². The Morgan fingerprint density at radius 2 is 1.80 bits per heavy atom. The van der Waals surface area contributed by atoms with Gasteiger partial charge in [0.2, 0.25) is 0 Å². The Kier molecular flexibility index (Phi) is 8.75. The maximum atomic E-state index is 10.3. The van der Waals surface area contributed by atoms with Crippen LogP contribution < -0.4 is 64.2 Å².